The summed E-state index contributed by atoms with van der Waals surface area (Å²) in [5.41, 5.74) is -0.589. The van der Waals surface area contributed by atoms with Crippen LogP contribution in [0.2, 0.25) is 0 Å². The highest BCUT2D eigenvalue weighted by Gasteiger charge is 2.26. The molecule has 0 fully saturated rings. The van der Waals surface area contributed by atoms with Gasteiger partial charge in [-0.1, -0.05) is 0 Å². The third kappa shape index (κ3) is 3.97. The lowest BCUT2D eigenvalue weighted by Gasteiger charge is -2.12. The molecule has 0 N–H and O–H groups in total. The molecule has 8 nitrogen and oxygen atoms in total. The number of esters is 4. The highest BCUT2D eigenvalue weighted by Crippen LogP contribution is 2.22. The Labute approximate surface area is 138 Å². The van der Waals surface area contributed by atoms with Crippen LogP contribution in [0.5, 0.6) is 0 Å². The number of carbonyl (C=O) groups is 4. The number of hydrogen-bond donors (Lipinski definition) is 0. The van der Waals surface area contributed by atoms with Gasteiger partial charge in [-0.3, -0.25) is 0 Å². The third-order valence-electron chi connectivity index (χ3n) is 3.03. The predicted molar refractivity (Wildman–Crippen MR) is 80.4 cm³/mol. The molecule has 0 unspecified atom stereocenters. The normalized spacial score (nSPS) is 22.5. The van der Waals surface area contributed by atoms with Crippen LogP contribution >= 0.6 is 0 Å². The Hall–Kier alpha value is -3.16. The zero-order valence-electron chi connectivity index (χ0n) is 13.6. The van der Waals surface area contributed by atoms with E-state index in [0.717, 1.165) is 52.7 Å². The van der Waals surface area contributed by atoms with Gasteiger partial charge in [0.05, 0.1) is 50.7 Å². The van der Waals surface area contributed by atoms with Gasteiger partial charge in [0, 0.05) is 0 Å². The second kappa shape index (κ2) is 8.47. The van der Waals surface area contributed by atoms with Gasteiger partial charge in [-0.05, 0) is 24.3 Å². The van der Waals surface area contributed by atoms with Crippen LogP contribution in [0, 0.1) is 0 Å². The van der Waals surface area contributed by atoms with Gasteiger partial charge in [-0.25, -0.2) is 19.2 Å². The van der Waals surface area contributed by atoms with Gasteiger partial charge < -0.3 is 18.9 Å². The van der Waals surface area contributed by atoms with Crippen LogP contribution in [0.1, 0.15) is 0 Å². The van der Waals surface area contributed by atoms with E-state index in [0.29, 0.717) is 0 Å². The first-order valence-electron chi connectivity index (χ1n) is 6.59. The topological polar surface area (TPSA) is 105 Å². The molecule has 8 heteroatoms. The van der Waals surface area contributed by atoms with E-state index in [-0.39, 0.29) is 22.3 Å². The van der Waals surface area contributed by atoms with Crippen LogP contribution in [0.4, 0.5) is 0 Å². The maximum Gasteiger partial charge on any atom is 0.338 e. The van der Waals surface area contributed by atoms with Gasteiger partial charge in [0.25, 0.3) is 0 Å². The number of carbonyl (C=O) groups excluding carboxylic acids is 4. The summed E-state index contributed by atoms with van der Waals surface area (Å²) in [6.45, 7) is 0. The quantitative estimate of drug-likeness (QED) is 0.536. The van der Waals surface area contributed by atoms with E-state index < -0.39 is 23.9 Å². The number of allylic oxidation sites excluding steroid dienone is 4. The summed E-state index contributed by atoms with van der Waals surface area (Å²) in [6.07, 6.45) is 4.65. The molecule has 0 spiro atoms. The lowest BCUT2D eigenvalue weighted by molar-refractivity contribution is -0.139. The van der Waals surface area contributed by atoms with Crippen molar-refractivity contribution in [3.05, 3.63) is 46.6 Å². The Morgan fingerprint density at radius 1 is 0.500 bits per heavy atom. The Morgan fingerprint density at radius 3 is 0.792 bits per heavy atom. The molecule has 0 amide bonds. The van der Waals surface area contributed by atoms with Crippen molar-refractivity contribution in [3.63, 3.8) is 0 Å². The van der Waals surface area contributed by atoms with Crippen molar-refractivity contribution in [2.24, 2.45) is 0 Å². The summed E-state index contributed by atoms with van der Waals surface area (Å²) in [5, 5.41) is 0. The van der Waals surface area contributed by atoms with Crippen LogP contribution in [0.3, 0.4) is 0 Å². The zero-order valence-corrected chi connectivity index (χ0v) is 13.6. The molecule has 0 bridgehead atoms. The van der Waals surface area contributed by atoms with Crippen molar-refractivity contribution in [2.75, 3.05) is 28.4 Å². The van der Waals surface area contributed by atoms with Crippen LogP contribution in [0.25, 0.3) is 0 Å². The molecule has 128 valence electrons. The summed E-state index contributed by atoms with van der Waals surface area (Å²) in [5.74, 6) is -3.27. The van der Waals surface area contributed by atoms with Crippen LogP contribution in [0.15, 0.2) is 46.6 Å². The van der Waals surface area contributed by atoms with Crippen molar-refractivity contribution in [1.82, 2.24) is 0 Å². The fourth-order valence-corrected chi connectivity index (χ4v) is 1.84. The molecule has 0 saturated heterocycles. The summed E-state index contributed by atoms with van der Waals surface area (Å²) in [4.78, 5) is 47.5. The molecule has 1 aliphatic carbocycles. The van der Waals surface area contributed by atoms with Gasteiger partial charge in [0.15, 0.2) is 0 Å². The van der Waals surface area contributed by atoms with Crippen molar-refractivity contribution in [3.8, 4) is 0 Å². The molecule has 0 aromatic carbocycles. The number of hydrogen-bond acceptors (Lipinski definition) is 8. The highest BCUT2D eigenvalue weighted by atomic mass is 16.5. The number of rotatable bonds is 4. The van der Waals surface area contributed by atoms with E-state index in [1.54, 1.807) is 0 Å². The highest BCUT2D eigenvalue weighted by molar-refractivity contribution is 6.10. The maximum absolute atomic E-state index is 11.9. The molecule has 0 saturated carbocycles. The number of ether oxygens (including phenoxy) is 4. The Bertz CT molecular complexity index is 571. The second-order valence-corrected chi connectivity index (χ2v) is 4.29. The minimum absolute atomic E-state index is 0.147. The Morgan fingerprint density at radius 2 is 0.667 bits per heavy atom. The lowest BCUT2D eigenvalue weighted by atomic mass is 9.97. The monoisotopic (exact) mass is 336 g/mol. The summed E-state index contributed by atoms with van der Waals surface area (Å²) < 4.78 is 18.5. The standard InChI is InChI=1S/C16H16O8/c1-21-13(17)9-5-6-11(15(19)23-3)12(16(20)24-4)8-7-10(9)14(18)22-2/h5-8H,1-4H3/b6-5?,8-7?,9-5+,10-7+,10-9?,11-6+,12-8+,12-11?. The fraction of sp³-hybridized carbons (Fsp3) is 0.250. The smallest absolute Gasteiger partial charge is 0.338 e. The maximum atomic E-state index is 11.9. The van der Waals surface area contributed by atoms with E-state index in [1.807, 2.05) is 0 Å². The number of methoxy groups -OCH3 is 4. The van der Waals surface area contributed by atoms with E-state index >= 15 is 0 Å². The van der Waals surface area contributed by atoms with Gasteiger partial charge in [-0.2, -0.15) is 0 Å². The molecule has 0 aromatic heterocycles. The summed E-state index contributed by atoms with van der Waals surface area (Å²) in [6, 6.07) is 0. The van der Waals surface area contributed by atoms with E-state index in [2.05, 4.69) is 18.9 Å². The molecule has 1 aliphatic rings. The summed E-state index contributed by atoms with van der Waals surface area (Å²) >= 11 is 0. The SMILES string of the molecule is COC(=O)C1=C/C=C(C(=O)OC)\C(C(=O)OC)=C/C=C\1C(=O)OC. The molecule has 0 radical (unpaired) electrons. The molecule has 24 heavy (non-hydrogen) atoms. The minimum Gasteiger partial charge on any atom is -0.465 e. The van der Waals surface area contributed by atoms with Gasteiger partial charge in [0.1, 0.15) is 0 Å². The molecular formula is C16H16O8. The minimum atomic E-state index is -0.818. The van der Waals surface area contributed by atoms with E-state index in [9.17, 15) is 19.2 Å². The molecule has 0 atom stereocenters. The molecule has 0 aliphatic heterocycles. The third-order valence-corrected chi connectivity index (χ3v) is 3.03. The van der Waals surface area contributed by atoms with Crippen molar-refractivity contribution >= 4 is 23.9 Å². The Kier molecular flexibility index (Phi) is 6.66. The first kappa shape index (κ1) is 18.9. The lowest BCUT2D eigenvalue weighted by Crippen LogP contribution is -2.18. The van der Waals surface area contributed by atoms with Crippen LogP contribution in [-0.2, 0) is 38.1 Å². The first-order chi connectivity index (χ1) is 11.4. The van der Waals surface area contributed by atoms with Gasteiger partial charge in [0.2, 0.25) is 0 Å². The zero-order chi connectivity index (χ0) is 18.3. The molecular weight excluding hydrogens is 320 g/mol. The van der Waals surface area contributed by atoms with Crippen molar-refractivity contribution < 1.29 is 38.1 Å². The average molecular weight is 336 g/mol. The first-order valence-corrected chi connectivity index (χ1v) is 6.59. The van der Waals surface area contributed by atoms with Crippen LogP contribution in [-0.4, -0.2) is 52.3 Å². The van der Waals surface area contributed by atoms with Crippen molar-refractivity contribution in [1.29, 1.82) is 0 Å². The summed E-state index contributed by atoms with van der Waals surface area (Å²) in [7, 11) is 4.55. The van der Waals surface area contributed by atoms with E-state index in [1.165, 1.54) is 0 Å². The predicted octanol–water partition coefficient (Wildman–Crippen LogP) is 0.398. The second-order valence-electron chi connectivity index (χ2n) is 4.29. The average Bonchev–Trinajstić information content (AvgIpc) is 2.59. The Balaban J connectivity index is 3.61. The van der Waals surface area contributed by atoms with Crippen molar-refractivity contribution in [2.45, 2.75) is 0 Å². The van der Waals surface area contributed by atoms with Crippen LogP contribution < -0.4 is 0 Å². The van der Waals surface area contributed by atoms with Gasteiger partial charge in [-0.15, -0.1) is 0 Å². The van der Waals surface area contributed by atoms with Gasteiger partial charge >= 0.3 is 23.9 Å². The molecule has 0 aromatic rings. The molecule has 1 rings (SSSR count). The fourth-order valence-electron chi connectivity index (χ4n) is 1.84. The van der Waals surface area contributed by atoms with E-state index in [4.69, 9.17) is 0 Å². The molecule has 0 heterocycles. The largest absolute Gasteiger partial charge is 0.465 e.